The Balaban J connectivity index is 2.54. The maximum atomic E-state index is 12.5. The molecule has 1 rings (SSSR count). The van der Waals surface area contributed by atoms with Crippen molar-refractivity contribution in [2.45, 2.75) is 91.1 Å². The predicted octanol–water partition coefficient (Wildman–Crippen LogP) is 3.76. The summed E-state index contributed by atoms with van der Waals surface area (Å²) in [4.78, 5) is 36.2. The van der Waals surface area contributed by atoms with Gasteiger partial charge in [-0.15, -0.1) is 0 Å². The van der Waals surface area contributed by atoms with E-state index in [1.807, 2.05) is 20.8 Å². The molecule has 6 nitrogen and oxygen atoms in total. The summed E-state index contributed by atoms with van der Waals surface area (Å²) >= 11 is 0. The molecule has 156 valence electrons. The normalized spacial score (nSPS) is 16.4. The van der Waals surface area contributed by atoms with E-state index in [0.717, 1.165) is 18.8 Å². The van der Waals surface area contributed by atoms with Crippen LogP contribution in [0.1, 0.15) is 85.5 Å². The third-order valence-electron chi connectivity index (χ3n) is 4.81. The lowest BCUT2D eigenvalue weighted by molar-refractivity contribution is -0.157. The van der Waals surface area contributed by atoms with Crippen molar-refractivity contribution in [3.63, 3.8) is 0 Å². The maximum Gasteiger partial charge on any atom is 0.325 e. The van der Waals surface area contributed by atoms with Gasteiger partial charge in [0.05, 0.1) is 13.0 Å². The van der Waals surface area contributed by atoms with Gasteiger partial charge < -0.3 is 14.8 Å². The SMILES string of the molecule is CCOC(=O)CNC(=O)[C@H](CCCC1CCCCC1)CC(=O)OC(C)(C)C. The van der Waals surface area contributed by atoms with Gasteiger partial charge in [-0.1, -0.05) is 44.9 Å². The number of esters is 2. The maximum absolute atomic E-state index is 12.5. The molecule has 0 spiro atoms. The van der Waals surface area contributed by atoms with Crippen LogP contribution in [0.2, 0.25) is 0 Å². The van der Waals surface area contributed by atoms with E-state index >= 15 is 0 Å². The van der Waals surface area contributed by atoms with Crippen LogP contribution in [-0.4, -0.2) is 36.6 Å². The Labute approximate surface area is 163 Å². The van der Waals surface area contributed by atoms with E-state index in [-0.39, 0.29) is 31.4 Å². The zero-order valence-electron chi connectivity index (χ0n) is 17.5. The standard InChI is InChI=1S/C21H37NO5/c1-5-26-19(24)15-22-20(25)17(14-18(23)27-21(2,3)4)13-9-12-16-10-7-6-8-11-16/h16-17H,5-15H2,1-4H3,(H,22,25)/t17-/m1/s1. The predicted molar refractivity (Wildman–Crippen MR) is 104 cm³/mol. The van der Waals surface area contributed by atoms with Gasteiger partial charge in [0.25, 0.3) is 0 Å². The number of carbonyl (C=O) groups is 3. The highest BCUT2D eigenvalue weighted by Gasteiger charge is 2.26. The van der Waals surface area contributed by atoms with Crippen LogP contribution in [0.15, 0.2) is 0 Å². The lowest BCUT2D eigenvalue weighted by Gasteiger charge is -2.24. The van der Waals surface area contributed by atoms with Gasteiger partial charge in [0, 0.05) is 5.92 Å². The molecule has 0 radical (unpaired) electrons. The first-order valence-electron chi connectivity index (χ1n) is 10.4. The second kappa shape index (κ2) is 12.0. The molecule has 0 heterocycles. The Kier molecular flexibility index (Phi) is 10.4. The van der Waals surface area contributed by atoms with Crippen molar-refractivity contribution in [1.29, 1.82) is 0 Å². The molecule has 1 aliphatic carbocycles. The van der Waals surface area contributed by atoms with Gasteiger partial charge in [-0.25, -0.2) is 0 Å². The monoisotopic (exact) mass is 383 g/mol. The Morgan fingerprint density at radius 1 is 1.07 bits per heavy atom. The summed E-state index contributed by atoms with van der Waals surface area (Å²) in [6, 6.07) is 0. The van der Waals surface area contributed by atoms with E-state index < -0.39 is 17.5 Å². The molecular formula is C21H37NO5. The summed E-state index contributed by atoms with van der Waals surface area (Å²) in [5.74, 6) is -0.862. The van der Waals surface area contributed by atoms with Crippen LogP contribution < -0.4 is 5.32 Å². The van der Waals surface area contributed by atoms with E-state index in [0.29, 0.717) is 6.42 Å². The van der Waals surface area contributed by atoms with Crippen LogP contribution in [0.5, 0.6) is 0 Å². The van der Waals surface area contributed by atoms with E-state index in [9.17, 15) is 14.4 Å². The first-order chi connectivity index (χ1) is 12.7. The third-order valence-corrected chi connectivity index (χ3v) is 4.81. The highest BCUT2D eigenvalue weighted by molar-refractivity contribution is 5.86. The molecule has 6 heteroatoms. The van der Waals surface area contributed by atoms with Crippen molar-refractivity contribution in [3.8, 4) is 0 Å². The molecule has 1 fully saturated rings. The van der Waals surface area contributed by atoms with E-state index in [1.165, 1.54) is 32.1 Å². The molecule has 0 bridgehead atoms. The fourth-order valence-corrected chi connectivity index (χ4v) is 3.55. The van der Waals surface area contributed by atoms with Gasteiger partial charge in [-0.3, -0.25) is 14.4 Å². The van der Waals surface area contributed by atoms with Crippen molar-refractivity contribution in [1.82, 2.24) is 5.32 Å². The van der Waals surface area contributed by atoms with Crippen molar-refractivity contribution in [2.75, 3.05) is 13.2 Å². The number of rotatable bonds is 10. The van der Waals surface area contributed by atoms with Crippen molar-refractivity contribution in [2.24, 2.45) is 11.8 Å². The van der Waals surface area contributed by atoms with Crippen LogP contribution in [0.4, 0.5) is 0 Å². The number of carbonyl (C=O) groups excluding carboxylic acids is 3. The lowest BCUT2D eigenvalue weighted by Crippen LogP contribution is -2.37. The number of hydrogen-bond acceptors (Lipinski definition) is 5. The van der Waals surface area contributed by atoms with Gasteiger partial charge in [0.2, 0.25) is 5.91 Å². The quantitative estimate of drug-likeness (QED) is 0.581. The molecule has 0 aromatic carbocycles. The topological polar surface area (TPSA) is 81.7 Å². The molecule has 1 N–H and O–H groups in total. The number of ether oxygens (including phenoxy) is 2. The molecule has 0 saturated heterocycles. The van der Waals surface area contributed by atoms with E-state index in [1.54, 1.807) is 6.92 Å². The number of amides is 1. The lowest BCUT2D eigenvalue weighted by atomic mass is 9.84. The van der Waals surface area contributed by atoms with Crippen LogP contribution in [0.25, 0.3) is 0 Å². The molecule has 0 unspecified atom stereocenters. The average Bonchev–Trinajstić information content (AvgIpc) is 2.58. The Bertz CT molecular complexity index is 477. The molecule has 0 aromatic heterocycles. The Morgan fingerprint density at radius 3 is 2.33 bits per heavy atom. The molecule has 1 aliphatic rings. The van der Waals surface area contributed by atoms with Crippen LogP contribution >= 0.6 is 0 Å². The highest BCUT2D eigenvalue weighted by Crippen LogP contribution is 2.29. The van der Waals surface area contributed by atoms with Gasteiger partial charge in [-0.05, 0) is 40.0 Å². The first kappa shape index (κ1) is 23.4. The number of nitrogens with one attached hydrogen (secondary N) is 1. The first-order valence-corrected chi connectivity index (χ1v) is 10.4. The minimum Gasteiger partial charge on any atom is -0.465 e. The summed E-state index contributed by atoms with van der Waals surface area (Å²) < 4.78 is 10.2. The van der Waals surface area contributed by atoms with Crippen LogP contribution in [0.3, 0.4) is 0 Å². The van der Waals surface area contributed by atoms with Gasteiger partial charge in [0.1, 0.15) is 12.1 Å². The molecule has 1 atom stereocenters. The second-order valence-corrected chi connectivity index (χ2v) is 8.45. The van der Waals surface area contributed by atoms with E-state index in [2.05, 4.69) is 5.32 Å². The molecule has 27 heavy (non-hydrogen) atoms. The highest BCUT2D eigenvalue weighted by atomic mass is 16.6. The van der Waals surface area contributed by atoms with E-state index in [4.69, 9.17) is 9.47 Å². The van der Waals surface area contributed by atoms with Crippen LogP contribution in [-0.2, 0) is 23.9 Å². The molecule has 1 saturated carbocycles. The summed E-state index contributed by atoms with van der Waals surface area (Å²) in [6.07, 6.45) is 9.13. The molecule has 0 aliphatic heterocycles. The van der Waals surface area contributed by atoms with Gasteiger partial charge >= 0.3 is 11.9 Å². The summed E-state index contributed by atoms with van der Waals surface area (Å²) in [5, 5.41) is 2.60. The molecule has 0 aromatic rings. The minimum atomic E-state index is -0.578. The summed E-state index contributed by atoms with van der Waals surface area (Å²) in [5.41, 5.74) is -0.578. The Hall–Kier alpha value is -1.59. The van der Waals surface area contributed by atoms with Crippen LogP contribution in [0, 0.1) is 11.8 Å². The second-order valence-electron chi connectivity index (χ2n) is 8.45. The summed E-state index contributed by atoms with van der Waals surface area (Å²) in [6.45, 7) is 7.26. The van der Waals surface area contributed by atoms with Gasteiger partial charge in [0.15, 0.2) is 0 Å². The Morgan fingerprint density at radius 2 is 1.74 bits per heavy atom. The molecular weight excluding hydrogens is 346 g/mol. The fraction of sp³-hybridized carbons (Fsp3) is 0.857. The minimum absolute atomic E-state index is 0.0383. The smallest absolute Gasteiger partial charge is 0.325 e. The zero-order chi connectivity index (χ0) is 20.3. The van der Waals surface area contributed by atoms with Crippen molar-refractivity contribution in [3.05, 3.63) is 0 Å². The van der Waals surface area contributed by atoms with Gasteiger partial charge in [-0.2, -0.15) is 0 Å². The van der Waals surface area contributed by atoms with Crippen molar-refractivity contribution >= 4 is 17.8 Å². The number of hydrogen-bond donors (Lipinski definition) is 1. The zero-order valence-corrected chi connectivity index (χ0v) is 17.5. The third kappa shape index (κ3) is 11.0. The van der Waals surface area contributed by atoms with Crippen molar-refractivity contribution < 1.29 is 23.9 Å². The average molecular weight is 384 g/mol. The largest absolute Gasteiger partial charge is 0.465 e. The fourth-order valence-electron chi connectivity index (χ4n) is 3.55. The molecule has 1 amide bonds. The summed E-state index contributed by atoms with van der Waals surface area (Å²) in [7, 11) is 0.